The molecule has 2 saturated heterocycles. The number of ether oxygens (including phenoxy) is 2. The minimum atomic E-state index is -0.833. The average molecular weight is 579 g/mol. The van der Waals surface area contributed by atoms with Crippen molar-refractivity contribution in [3.63, 3.8) is 0 Å². The topological polar surface area (TPSA) is 79.3 Å². The summed E-state index contributed by atoms with van der Waals surface area (Å²) in [5, 5.41) is 7.42. The van der Waals surface area contributed by atoms with Gasteiger partial charge in [-0.3, -0.25) is 9.69 Å². The second-order valence-corrected chi connectivity index (χ2v) is 12.3. The predicted molar refractivity (Wildman–Crippen MR) is 169 cm³/mol. The third-order valence-electron chi connectivity index (χ3n) is 8.33. The number of hydrogen-bond acceptors (Lipinski definition) is 6. The molecule has 0 aromatic heterocycles. The number of aliphatic carboxylic acids is 1. The molecule has 4 atom stereocenters. The SMILES string of the molecule is CC(=O)O.CCCC1=C2OCOC2=CC(C2CC(CC(C)CCC)N(CC=O)C2)C1.CCCCCN(C)CCCC. The first-order valence-electron chi connectivity index (χ1n) is 16.5. The second-order valence-electron chi connectivity index (χ2n) is 12.3. The van der Waals surface area contributed by atoms with Crippen molar-refractivity contribution in [3.05, 3.63) is 23.2 Å². The Kier molecular flexibility index (Phi) is 19.7. The van der Waals surface area contributed by atoms with E-state index in [0.29, 0.717) is 31.2 Å². The fraction of sp³-hybridized carbons (Fsp3) is 0.824. The maximum atomic E-state index is 11.2. The van der Waals surface area contributed by atoms with Gasteiger partial charge in [-0.2, -0.15) is 0 Å². The number of allylic oxidation sites excluding steroid dienone is 2. The van der Waals surface area contributed by atoms with E-state index in [1.54, 1.807) is 0 Å². The summed E-state index contributed by atoms with van der Waals surface area (Å²) in [5.41, 5.74) is 1.43. The van der Waals surface area contributed by atoms with E-state index in [9.17, 15) is 4.79 Å². The maximum Gasteiger partial charge on any atom is 0.300 e. The van der Waals surface area contributed by atoms with Crippen LogP contribution in [0.5, 0.6) is 0 Å². The number of rotatable bonds is 16. The number of likely N-dealkylation sites (tertiary alicyclic amines) is 1. The molecule has 41 heavy (non-hydrogen) atoms. The van der Waals surface area contributed by atoms with E-state index in [4.69, 9.17) is 19.4 Å². The number of carbonyl (C=O) groups is 2. The molecule has 1 aliphatic carbocycles. The van der Waals surface area contributed by atoms with Crippen LogP contribution in [0.2, 0.25) is 0 Å². The smallest absolute Gasteiger partial charge is 0.300 e. The van der Waals surface area contributed by atoms with E-state index in [1.165, 1.54) is 76.5 Å². The molecule has 3 aliphatic rings. The Labute approximate surface area is 251 Å². The number of carboxylic acids is 1. The first kappa shape index (κ1) is 37.2. The standard InChI is InChI=1S/C22H35NO3.C10H23N.C2H4O2/c1-4-6-16(3)10-20-12-19(14-23(20)8-9-24)18-11-17(7-5-2)22-21(13-18)25-15-26-22;1-4-6-8-10-11(3)9-7-5-2;1-2(3)4/h9,13,16,18-20H,4-8,10-12,14-15H2,1-3H3;4-10H2,1-3H3;1H3,(H,3,4). The molecule has 1 N–H and O–H groups in total. The molecule has 7 nitrogen and oxygen atoms in total. The molecule has 0 amide bonds. The van der Waals surface area contributed by atoms with E-state index >= 15 is 0 Å². The van der Waals surface area contributed by atoms with E-state index in [0.717, 1.165) is 56.5 Å². The molecule has 0 spiro atoms. The first-order valence-corrected chi connectivity index (χ1v) is 16.5. The van der Waals surface area contributed by atoms with Gasteiger partial charge in [0.2, 0.25) is 6.79 Å². The van der Waals surface area contributed by atoms with Crippen LogP contribution in [-0.4, -0.2) is 73.2 Å². The minimum Gasteiger partial charge on any atom is -0.481 e. The van der Waals surface area contributed by atoms with Gasteiger partial charge in [-0.15, -0.1) is 0 Å². The fourth-order valence-electron chi connectivity index (χ4n) is 6.28. The first-order chi connectivity index (χ1) is 19.7. The number of fused-ring (bicyclic) bond motifs is 1. The quantitative estimate of drug-likeness (QED) is 0.149. The second kappa shape index (κ2) is 21.8. The highest BCUT2D eigenvalue weighted by atomic mass is 16.7. The van der Waals surface area contributed by atoms with Crippen molar-refractivity contribution in [2.75, 3.05) is 40.0 Å². The van der Waals surface area contributed by atoms with Crippen molar-refractivity contribution in [2.45, 2.75) is 125 Å². The molecule has 238 valence electrons. The van der Waals surface area contributed by atoms with Gasteiger partial charge in [0, 0.05) is 19.5 Å². The molecule has 0 aromatic rings. The predicted octanol–water partition coefficient (Wildman–Crippen LogP) is 7.66. The van der Waals surface area contributed by atoms with Gasteiger partial charge in [0.25, 0.3) is 5.97 Å². The van der Waals surface area contributed by atoms with Crippen molar-refractivity contribution < 1.29 is 24.2 Å². The third-order valence-corrected chi connectivity index (χ3v) is 8.33. The Balaban J connectivity index is 0.000000468. The van der Waals surface area contributed by atoms with Gasteiger partial charge in [-0.25, -0.2) is 0 Å². The van der Waals surface area contributed by atoms with Crippen molar-refractivity contribution in [2.24, 2.45) is 17.8 Å². The van der Waals surface area contributed by atoms with Gasteiger partial charge >= 0.3 is 0 Å². The van der Waals surface area contributed by atoms with Crippen LogP contribution < -0.4 is 0 Å². The van der Waals surface area contributed by atoms with Crippen LogP contribution in [0, 0.1) is 17.8 Å². The van der Waals surface area contributed by atoms with Crippen molar-refractivity contribution in [1.82, 2.24) is 9.80 Å². The largest absolute Gasteiger partial charge is 0.481 e. The fourth-order valence-corrected chi connectivity index (χ4v) is 6.28. The summed E-state index contributed by atoms with van der Waals surface area (Å²) in [4.78, 5) is 25.1. The lowest BCUT2D eigenvalue weighted by Crippen LogP contribution is -2.32. The Morgan fingerprint density at radius 3 is 2.39 bits per heavy atom. The third kappa shape index (κ3) is 14.7. The van der Waals surface area contributed by atoms with Crippen molar-refractivity contribution in [3.8, 4) is 0 Å². The zero-order valence-electron chi connectivity index (χ0n) is 27.5. The normalized spacial score (nSPS) is 22.4. The molecule has 0 aromatic carbocycles. The summed E-state index contributed by atoms with van der Waals surface area (Å²) in [7, 11) is 2.23. The van der Waals surface area contributed by atoms with Crippen LogP contribution in [0.1, 0.15) is 119 Å². The van der Waals surface area contributed by atoms with Gasteiger partial charge in [0.1, 0.15) is 6.29 Å². The Morgan fingerprint density at radius 1 is 1.10 bits per heavy atom. The van der Waals surface area contributed by atoms with Crippen LogP contribution >= 0.6 is 0 Å². The molecule has 0 bridgehead atoms. The lowest BCUT2D eigenvalue weighted by atomic mass is 9.80. The monoisotopic (exact) mass is 578 g/mol. The van der Waals surface area contributed by atoms with Gasteiger partial charge in [0.05, 0.1) is 6.54 Å². The van der Waals surface area contributed by atoms with Crippen molar-refractivity contribution in [1.29, 1.82) is 0 Å². The van der Waals surface area contributed by atoms with Crippen LogP contribution in [-0.2, 0) is 19.1 Å². The number of unbranched alkanes of at least 4 members (excludes halogenated alkanes) is 3. The van der Waals surface area contributed by atoms with Gasteiger partial charge in [-0.1, -0.05) is 73.1 Å². The Bertz CT molecular complexity index is 792. The molecule has 4 unspecified atom stereocenters. The number of nitrogens with zero attached hydrogens (tertiary/aromatic N) is 2. The highest BCUT2D eigenvalue weighted by Crippen LogP contribution is 2.43. The number of carbonyl (C=O) groups excluding carboxylic acids is 1. The molecular formula is C34H62N2O5. The zero-order chi connectivity index (χ0) is 30.6. The van der Waals surface area contributed by atoms with E-state index < -0.39 is 5.97 Å². The Hall–Kier alpha value is -1.86. The molecule has 7 heteroatoms. The molecule has 2 aliphatic heterocycles. The van der Waals surface area contributed by atoms with E-state index in [-0.39, 0.29) is 0 Å². The lowest BCUT2D eigenvalue weighted by molar-refractivity contribution is -0.134. The maximum absolute atomic E-state index is 11.2. The van der Waals surface area contributed by atoms with Crippen LogP contribution in [0.4, 0.5) is 0 Å². The minimum absolute atomic E-state index is 0.361. The molecule has 2 fully saturated rings. The zero-order valence-corrected chi connectivity index (χ0v) is 27.5. The molecule has 0 saturated carbocycles. The molecule has 0 radical (unpaired) electrons. The highest BCUT2D eigenvalue weighted by molar-refractivity contribution is 5.62. The number of hydrogen-bond donors (Lipinski definition) is 1. The Morgan fingerprint density at radius 2 is 1.78 bits per heavy atom. The lowest BCUT2D eigenvalue weighted by Gasteiger charge is -2.26. The van der Waals surface area contributed by atoms with Crippen LogP contribution in [0.15, 0.2) is 23.2 Å². The van der Waals surface area contributed by atoms with E-state index in [2.05, 4.69) is 57.5 Å². The number of carboxylic acid groups (broad SMARTS) is 1. The van der Waals surface area contributed by atoms with Gasteiger partial charge in [-0.05, 0) is 88.1 Å². The molecular weight excluding hydrogens is 516 g/mol. The molecule has 2 heterocycles. The van der Waals surface area contributed by atoms with Gasteiger partial charge in [0.15, 0.2) is 11.5 Å². The van der Waals surface area contributed by atoms with E-state index in [1.807, 2.05) is 0 Å². The summed E-state index contributed by atoms with van der Waals surface area (Å²) in [6.07, 6.45) is 18.4. The summed E-state index contributed by atoms with van der Waals surface area (Å²) in [6.45, 7) is 17.0. The summed E-state index contributed by atoms with van der Waals surface area (Å²) in [6, 6.07) is 0.547. The van der Waals surface area contributed by atoms with Crippen LogP contribution in [0.3, 0.4) is 0 Å². The summed E-state index contributed by atoms with van der Waals surface area (Å²) >= 11 is 0. The van der Waals surface area contributed by atoms with Crippen LogP contribution in [0.25, 0.3) is 0 Å². The summed E-state index contributed by atoms with van der Waals surface area (Å²) < 4.78 is 11.5. The van der Waals surface area contributed by atoms with Crippen molar-refractivity contribution >= 4 is 12.3 Å². The summed E-state index contributed by atoms with van der Waals surface area (Å²) in [5.74, 6) is 3.00. The number of aldehydes is 1. The molecule has 3 rings (SSSR count). The highest BCUT2D eigenvalue weighted by Gasteiger charge is 2.39. The average Bonchev–Trinajstić information content (AvgIpc) is 3.55. The van der Waals surface area contributed by atoms with Gasteiger partial charge < -0.3 is 24.3 Å².